The molecule has 21 heavy (non-hydrogen) atoms. The summed E-state index contributed by atoms with van der Waals surface area (Å²) in [4.78, 5) is 27.8. The summed E-state index contributed by atoms with van der Waals surface area (Å²) in [5.74, 6) is 0.170. The average Bonchev–Trinajstić information content (AvgIpc) is 3.07. The Balaban J connectivity index is 2.03. The Morgan fingerprint density at radius 3 is 2.76 bits per heavy atom. The molecule has 6 nitrogen and oxygen atoms in total. The van der Waals surface area contributed by atoms with Gasteiger partial charge in [-0.3, -0.25) is 4.79 Å². The highest BCUT2D eigenvalue weighted by molar-refractivity contribution is 7.08. The summed E-state index contributed by atoms with van der Waals surface area (Å²) in [6.07, 6.45) is 0. The van der Waals surface area contributed by atoms with Crippen molar-refractivity contribution >= 4 is 23.3 Å². The van der Waals surface area contributed by atoms with E-state index in [1.165, 1.54) is 11.3 Å². The van der Waals surface area contributed by atoms with Crippen LogP contribution >= 0.6 is 11.3 Å². The van der Waals surface area contributed by atoms with E-state index in [0.717, 1.165) is 6.54 Å². The molecule has 7 heteroatoms. The van der Waals surface area contributed by atoms with Crippen LogP contribution in [0.25, 0.3) is 0 Å². The van der Waals surface area contributed by atoms with Gasteiger partial charge in [0.05, 0.1) is 6.04 Å². The van der Waals surface area contributed by atoms with Gasteiger partial charge in [0, 0.05) is 43.5 Å². The zero-order chi connectivity index (χ0) is 15.4. The second-order valence-corrected chi connectivity index (χ2v) is 6.35. The molecule has 2 rings (SSSR count). The number of likely N-dealkylation sites (tertiary alicyclic amines) is 1. The van der Waals surface area contributed by atoms with Crippen molar-refractivity contribution in [2.45, 2.75) is 6.04 Å². The predicted octanol–water partition coefficient (Wildman–Crippen LogP) is 0.679. The summed E-state index contributed by atoms with van der Waals surface area (Å²) in [5, 5.41) is 9.43. The van der Waals surface area contributed by atoms with Gasteiger partial charge >= 0.3 is 6.03 Å². The zero-order valence-electron chi connectivity index (χ0n) is 12.6. The number of urea groups is 1. The molecule has 1 aromatic heterocycles. The Kier molecular flexibility index (Phi) is 5.19. The van der Waals surface area contributed by atoms with Crippen molar-refractivity contribution in [2.75, 3.05) is 40.8 Å². The van der Waals surface area contributed by atoms with Crippen LogP contribution in [0.5, 0.6) is 0 Å². The van der Waals surface area contributed by atoms with Crippen molar-refractivity contribution in [3.05, 3.63) is 22.4 Å². The van der Waals surface area contributed by atoms with Crippen LogP contribution < -0.4 is 10.6 Å². The minimum absolute atomic E-state index is 0.0166. The van der Waals surface area contributed by atoms with Gasteiger partial charge in [-0.2, -0.15) is 11.3 Å². The summed E-state index contributed by atoms with van der Waals surface area (Å²) in [6.45, 7) is 2.04. The molecule has 0 saturated carbocycles. The van der Waals surface area contributed by atoms with Gasteiger partial charge in [-0.05, 0) is 25.5 Å². The topological polar surface area (TPSA) is 64.7 Å². The molecule has 1 fully saturated rings. The summed E-state index contributed by atoms with van der Waals surface area (Å²) >= 11 is 1.50. The highest BCUT2D eigenvalue weighted by Gasteiger charge is 2.36. The van der Waals surface area contributed by atoms with Gasteiger partial charge in [0.2, 0.25) is 0 Å². The lowest BCUT2D eigenvalue weighted by Gasteiger charge is -2.22. The third kappa shape index (κ3) is 3.95. The number of carbonyl (C=O) groups is 2. The largest absolute Gasteiger partial charge is 0.347 e. The van der Waals surface area contributed by atoms with E-state index in [2.05, 4.69) is 15.5 Å². The molecule has 0 bridgehead atoms. The van der Waals surface area contributed by atoms with E-state index in [1.807, 2.05) is 30.9 Å². The van der Waals surface area contributed by atoms with Crippen LogP contribution in [0.1, 0.15) is 10.4 Å². The van der Waals surface area contributed by atoms with E-state index in [0.29, 0.717) is 18.7 Å². The molecule has 1 aliphatic rings. The molecule has 0 aliphatic carbocycles. The van der Waals surface area contributed by atoms with Crippen LogP contribution in [0.4, 0.5) is 4.79 Å². The maximum Gasteiger partial charge on any atom is 0.317 e. The van der Waals surface area contributed by atoms with Gasteiger partial charge in [-0.25, -0.2) is 4.79 Å². The number of hydrogen-bond acceptors (Lipinski definition) is 4. The minimum atomic E-state index is -0.0916. The fraction of sp³-hybridized carbons (Fsp3) is 0.571. The van der Waals surface area contributed by atoms with E-state index < -0.39 is 0 Å². The molecule has 2 atom stereocenters. The van der Waals surface area contributed by atoms with Gasteiger partial charge in [-0.1, -0.05) is 0 Å². The fourth-order valence-corrected chi connectivity index (χ4v) is 3.29. The number of carbonyl (C=O) groups excluding carboxylic acids is 2. The summed E-state index contributed by atoms with van der Waals surface area (Å²) < 4.78 is 0. The Bertz CT molecular complexity index is 489. The second-order valence-electron chi connectivity index (χ2n) is 5.57. The van der Waals surface area contributed by atoms with Gasteiger partial charge < -0.3 is 20.4 Å². The Morgan fingerprint density at radius 2 is 2.19 bits per heavy atom. The first-order chi connectivity index (χ1) is 10.0. The van der Waals surface area contributed by atoms with Crippen LogP contribution in [-0.2, 0) is 0 Å². The first-order valence-electron chi connectivity index (χ1n) is 6.95. The molecule has 1 aromatic rings. The fourth-order valence-electron chi connectivity index (χ4n) is 2.66. The third-order valence-electron chi connectivity index (χ3n) is 3.64. The van der Waals surface area contributed by atoms with Crippen LogP contribution in [0.15, 0.2) is 16.8 Å². The first kappa shape index (κ1) is 15.8. The molecule has 0 spiro atoms. The standard InChI is InChI=1S/C14H22N4O2S/c1-15-14(20)18-7-11(6-17(2)3)12(8-18)16-13(19)10-4-5-21-9-10/h4-5,9,11-12H,6-8H2,1-3H3,(H,15,20)(H,16,19). The van der Waals surface area contributed by atoms with Crippen LogP contribution in [0, 0.1) is 5.92 Å². The van der Waals surface area contributed by atoms with Crippen molar-refractivity contribution in [3.63, 3.8) is 0 Å². The van der Waals surface area contributed by atoms with Crippen molar-refractivity contribution in [3.8, 4) is 0 Å². The number of nitrogens with zero attached hydrogens (tertiary/aromatic N) is 2. The highest BCUT2D eigenvalue weighted by atomic mass is 32.1. The Hall–Kier alpha value is -1.60. The smallest absolute Gasteiger partial charge is 0.317 e. The first-order valence-corrected chi connectivity index (χ1v) is 7.90. The number of nitrogens with one attached hydrogen (secondary N) is 2. The summed E-state index contributed by atoms with van der Waals surface area (Å²) in [6, 6.07) is 1.70. The Morgan fingerprint density at radius 1 is 1.43 bits per heavy atom. The second kappa shape index (κ2) is 6.91. The molecule has 1 saturated heterocycles. The molecule has 2 N–H and O–H groups in total. The molecule has 1 aliphatic heterocycles. The summed E-state index contributed by atoms with van der Waals surface area (Å²) in [5.41, 5.74) is 0.682. The van der Waals surface area contributed by atoms with Crippen molar-refractivity contribution in [2.24, 2.45) is 5.92 Å². The molecular formula is C14H22N4O2S. The normalized spacial score (nSPS) is 21.6. The van der Waals surface area contributed by atoms with Crippen LogP contribution in [-0.4, -0.2) is 68.6 Å². The van der Waals surface area contributed by atoms with Gasteiger partial charge in [0.15, 0.2) is 0 Å². The SMILES string of the molecule is CNC(=O)N1CC(CN(C)C)C(NC(=O)c2ccsc2)C1. The zero-order valence-corrected chi connectivity index (χ0v) is 13.4. The maximum absolute atomic E-state index is 12.2. The average molecular weight is 310 g/mol. The number of thiophene rings is 1. The van der Waals surface area contributed by atoms with Gasteiger partial charge in [0.25, 0.3) is 5.91 Å². The molecular weight excluding hydrogens is 288 g/mol. The molecule has 3 amide bonds. The number of hydrogen-bond donors (Lipinski definition) is 2. The molecule has 116 valence electrons. The van der Waals surface area contributed by atoms with Gasteiger partial charge in [0.1, 0.15) is 0 Å². The van der Waals surface area contributed by atoms with Crippen LogP contribution in [0.3, 0.4) is 0 Å². The maximum atomic E-state index is 12.2. The van der Waals surface area contributed by atoms with Gasteiger partial charge in [-0.15, -0.1) is 0 Å². The molecule has 2 heterocycles. The monoisotopic (exact) mass is 310 g/mol. The number of amides is 3. The highest BCUT2D eigenvalue weighted by Crippen LogP contribution is 2.19. The van der Waals surface area contributed by atoms with Crippen molar-refractivity contribution in [1.29, 1.82) is 0 Å². The van der Waals surface area contributed by atoms with E-state index in [4.69, 9.17) is 0 Å². The molecule has 0 aromatic carbocycles. The van der Waals surface area contributed by atoms with E-state index >= 15 is 0 Å². The van der Waals surface area contributed by atoms with Crippen molar-refractivity contribution < 1.29 is 9.59 Å². The molecule has 2 unspecified atom stereocenters. The van der Waals surface area contributed by atoms with E-state index in [9.17, 15) is 9.59 Å². The quantitative estimate of drug-likeness (QED) is 0.859. The Labute approximate surface area is 129 Å². The lowest BCUT2D eigenvalue weighted by molar-refractivity contribution is 0.0927. The van der Waals surface area contributed by atoms with Crippen molar-refractivity contribution in [1.82, 2.24) is 20.4 Å². The van der Waals surface area contributed by atoms with E-state index in [1.54, 1.807) is 11.9 Å². The summed E-state index contributed by atoms with van der Waals surface area (Å²) in [7, 11) is 5.63. The van der Waals surface area contributed by atoms with E-state index in [-0.39, 0.29) is 23.9 Å². The minimum Gasteiger partial charge on any atom is -0.347 e. The van der Waals surface area contributed by atoms with Crippen LogP contribution in [0.2, 0.25) is 0 Å². The molecule has 0 radical (unpaired) electrons. The lowest BCUT2D eigenvalue weighted by atomic mass is 10.0. The predicted molar refractivity (Wildman–Crippen MR) is 83.6 cm³/mol. The third-order valence-corrected chi connectivity index (χ3v) is 4.32. The lowest BCUT2D eigenvalue weighted by Crippen LogP contribution is -2.43. The number of rotatable bonds is 4.